The van der Waals surface area contributed by atoms with Crippen LogP contribution < -0.4 is 9.47 Å². The van der Waals surface area contributed by atoms with E-state index in [1.54, 1.807) is 30.7 Å². The van der Waals surface area contributed by atoms with Crippen LogP contribution in [-0.4, -0.2) is 28.7 Å². The van der Waals surface area contributed by atoms with Crippen molar-refractivity contribution in [3.05, 3.63) is 66.4 Å². The van der Waals surface area contributed by atoms with Gasteiger partial charge in [0.25, 0.3) is 0 Å². The molecule has 0 aliphatic heterocycles. The van der Waals surface area contributed by atoms with Crippen molar-refractivity contribution in [1.29, 1.82) is 0 Å². The van der Waals surface area contributed by atoms with Crippen LogP contribution in [0.25, 0.3) is 11.1 Å². The zero-order valence-electron chi connectivity index (χ0n) is 13.4. The number of pyridine rings is 1. The molecule has 0 bridgehead atoms. The van der Waals surface area contributed by atoms with Crippen molar-refractivity contribution >= 4 is 0 Å². The summed E-state index contributed by atoms with van der Waals surface area (Å²) in [6, 6.07) is 8.33. The fraction of sp³-hybridized carbons (Fsp3) is 0.167. The van der Waals surface area contributed by atoms with E-state index in [-0.39, 0.29) is 5.75 Å². The van der Waals surface area contributed by atoms with Crippen LogP contribution in [0.1, 0.15) is 11.1 Å². The molecule has 2 heterocycles. The van der Waals surface area contributed by atoms with Crippen molar-refractivity contribution in [1.82, 2.24) is 15.0 Å². The molecule has 0 aliphatic rings. The summed E-state index contributed by atoms with van der Waals surface area (Å²) in [5.74, 6) is 0.485. The van der Waals surface area contributed by atoms with Gasteiger partial charge in [-0.1, -0.05) is 12.1 Å². The molecular formula is C18H15F2N3O2. The first-order valence-electron chi connectivity index (χ1n) is 7.48. The van der Waals surface area contributed by atoms with E-state index in [2.05, 4.69) is 19.7 Å². The monoisotopic (exact) mass is 343 g/mol. The van der Waals surface area contributed by atoms with Crippen LogP contribution >= 0.6 is 0 Å². The molecule has 0 saturated carbocycles. The third-order valence-corrected chi connectivity index (χ3v) is 3.49. The minimum absolute atomic E-state index is 0.0800. The first-order valence-corrected chi connectivity index (χ1v) is 7.48. The number of hydrogen-bond acceptors (Lipinski definition) is 5. The van der Waals surface area contributed by atoms with Crippen molar-refractivity contribution in [2.24, 2.45) is 0 Å². The van der Waals surface area contributed by atoms with Gasteiger partial charge in [0.1, 0.15) is 12.1 Å². The smallest absolute Gasteiger partial charge is 0.387 e. The van der Waals surface area contributed by atoms with Gasteiger partial charge in [-0.25, -0.2) is 15.0 Å². The van der Waals surface area contributed by atoms with Gasteiger partial charge in [-0.15, -0.1) is 0 Å². The van der Waals surface area contributed by atoms with Crippen LogP contribution in [0.5, 0.6) is 11.6 Å². The van der Waals surface area contributed by atoms with Gasteiger partial charge >= 0.3 is 6.61 Å². The average molecular weight is 343 g/mol. The minimum atomic E-state index is -2.88. The van der Waals surface area contributed by atoms with Gasteiger partial charge in [0.15, 0.2) is 0 Å². The number of rotatable bonds is 6. The highest BCUT2D eigenvalue weighted by atomic mass is 19.3. The third kappa shape index (κ3) is 4.26. The molecule has 0 atom stereocenters. The van der Waals surface area contributed by atoms with E-state index >= 15 is 0 Å². The standard InChI is InChI=1S/C18H15F2N3O2/c1-24-17-16(14-3-2-4-15(7-14)25-18(19)20)6-12(10-23-17)5-13-8-21-11-22-9-13/h2-4,6-11,18H,5H2,1H3. The van der Waals surface area contributed by atoms with Gasteiger partial charge < -0.3 is 9.47 Å². The molecule has 0 aliphatic carbocycles. The maximum absolute atomic E-state index is 12.4. The number of ether oxygens (including phenoxy) is 2. The van der Waals surface area contributed by atoms with Crippen molar-refractivity contribution < 1.29 is 18.3 Å². The molecule has 0 N–H and O–H groups in total. The van der Waals surface area contributed by atoms with E-state index in [9.17, 15) is 8.78 Å². The maximum Gasteiger partial charge on any atom is 0.387 e. The van der Waals surface area contributed by atoms with Crippen LogP contribution in [0.15, 0.2) is 55.2 Å². The van der Waals surface area contributed by atoms with Crippen LogP contribution in [0.3, 0.4) is 0 Å². The van der Waals surface area contributed by atoms with Crippen molar-refractivity contribution in [2.45, 2.75) is 13.0 Å². The zero-order chi connectivity index (χ0) is 17.6. The van der Waals surface area contributed by atoms with Gasteiger partial charge in [-0.05, 0) is 34.9 Å². The predicted molar refractivity (Wildman–Crippen MR) is 87.7 cm³/mol. The summed E-state index contributed by atoms with van der Waals surface area (Å²) in [6.07, 6.45) is 7.23. The minimum Gasteiger partial charge on any atom is -0.481 e. The Morgan fingerprint density at radius 2 is 1.84 bits per heavy atom. The van der Waals surface area contributed by atoms with E-state index in [4.69, 9.17) is 4.74 Å². The first-order chi connectivity index (χ1) is 12.2. The van der Waals surface area contributed by atoms with E-state index in [0.29, 0.717) is 23.4 Å². The lowest BCUT2D eigenvalue weighted by atomic mass is 10.0. The number of nitrogens with zero attached hydrogens (tertiary/aromatic N) is 3. The molecule has 0 spiro atoms. The highest BCUT2D eigenvalue weighted by Gasteiger charge is 2.12. The fourth-order valence-corrected chi connectivity index (χ4v) is 2.46. The summed E-state index contributed by atoms with van der Waals surface area (Å²) in [5.41, 5.74) is 3.23. The molecule has 1 aromatic carbocycles. The van der Waals surface area contributed by atoms with Gasteiger partial charge in [0.2, 0.25) is 5.88 Å². The van der Waals surface area contributed by atoms with Crippen molar-refractivity contribution in [3.8, 4) is 22.8 Å². The Morgan fingerprint density at radius 1 is 1.04 bits per heavy atom. The number of hydrogen-bond donors (Lipinski definition) is 0. The van der Waals surface area contributed by atoms with Gasteiger partial charge in [0, 0.05) is 30.6 Å². The Hall–Kier alpha value is -3.09. The molecule has 0 radical (unpaired) electrons. The summed E-state index contributed by atoms with van der Waals surface area (Å²) < 4.78 is 34.6. The summed E-state index contributed by atoms with van der Waals surface area (Å²) in [5, 5.41) is 0. The highest BCUT2D eigenvalue weighted by molar-refractivity contribution is 5.70. The third-order valence-electron chi connectivity index (χ3n) is 3.49. The second kappa shape index (κ2) is 7.65. The Morgan fingerprint density at radius 3 is 2.56 bits per heavy atom. The lowest BCUT2D eigenvalue weighted by Gasteiger charge is -2.11. The van der Waals surface area contributed by atoms with Crippen LogP contribution in [0, 0.1) is 0 Å². The molecule has 2 aromatic heterocycles. The lowest BCUT2D eigenvalue weighted by Crippen LogP contribution is -2.02. The largest absolute Gasteiger partial charge is 0.481 e. The fourth-order valence-electron chi connectivity index (χ4n) is 2.46. The predicted octanol–water partition coefficient (Wildman–Crippen LogP) is 3.74. The number of alkyl halides is 2. The second-order valence-corrected chi connectivity index (χ2v) is 5.23. The Labute approximate surface area is 143 Å². The quantitative estimate of drug-likeness (QED) is 0.682. The van der Waals surface area contributed by atoms with Crippen LogP contribution in [-0.2, 0) is 6.42 Å². The number of methoxy groups -OCH3 is 1. The topological polar surface area (TPSA) is 57.1 Å². The van der Waals surface area contributed by atoms with E-state index < -0.39 is 6.61 Å². The molecular weight excluding hydrogens is 328 g/mol. The second-order valence-electron chi connectivity index (χ2n) is 5.23. The van der Waals surface area contributed by atoms with E-state index in [0.717, 1.165) is 11.1 Å². The molecule has 25 heavy (non-hydrogen) atoms. The number of aromatic nitrogens is 3. The molecule has 0 saturated heterocycles. The Balaban J connectivity index is 1.95. The van der Waals surface area contributed by atoms with Crippen molar-refractivity contribution in [2.75, 3.05) is 7.11 Å². The summed E-state index contributed by atoms with van der Waals surface area (Å²) in [7, 11) is 1.51. The molecule has 7 heteroatoms. The van der Waals surface area contributed by atoms with Gasteiger partial charge in [-0.3, -0.25) is 0 Å². The maximum atomic E-state index is 12.4. The number of benzene rings is 1. The van der Waals surface area contributed by atoms with Crippen molar-refractivity contribution in [3.63, 3.8) is 0 Å². The summed E-state index contributed by atoms with van der Waals surface area (Å²) in [6.45, 7) is -2.88. The van der Waals surface area contributed by atoms with E-state index in [1.807, 2.05) is 6.07 Å². The Kier molecular flexibility index (Phi) is 5.13. The highest BCUT2D eigenvalue weighted by Crippen LogP contribution is 2.32. The molecule has 128 valence electrons. The molecule has 5 nitrogen and oxygen atoms in total. The molecule has 3 rings (SSSR count). The van der Waals surface area contributed by atoms with Crippen LogP contribution in [0.4, 0.5) is 8.78 Å². The summed E-state index contributed by atoms with van der Waals surface area (Å²) >= 11 is 0. The molecule has 0 unspecified atom stereocenters. The SMILES string of the molecule is COc1ncc(Cc2cncnc2)cc1-c1cccc(OC(F)F)c1. The van der Waals surface area contributed by atoms with Gasteiger partial charge in [-0.2, -0.15) is 8.78 Å². The summed E-state index contributed by atoms with van der Waals surface area (Å²) in [4.78, 5) is 12.3. The van der Waals surface area contributed by atoms with Gasteiger partial charge in [0.05, 0.1) is 7.11 Å². The Bertz CT molecular complexity index is 845. The zero-order valence-corrected chi connectivity index (χ0v) is 13.4. The number of halogens is 2. The normalized spacial score (nSPS) is 10.7. The molecule has 3 aromatic rings. The molecule has 0 fully saturated rings. The molecule has 0 amide bonds. The van der Waals surface area contributed by atoms with Crippen LogP contribution in [0.2, 0.25) is 0 Å². The van der Waals surface area contributed by atoms with E-state index in [1.165, 1.54) is 25.6 Å². The average Bonchev–Trinajstić information content (AvgIpc) is 2.62. The first kappa shape index (κ1) is 16.8. The lowest BCUT2D eigenvalue weighted by molar-refractivity contribution is -0.0498.